The van der Waals surface area contributed by atoms with Gasteiger partial charge in [0.25, 0.3) is 0 Å². The summed E-state index contributed by atoms with van der Waals surface area (Å²) in [7, 11) is 0. The van der Waals surface area contributed by atoms with Crippen LogP contribution >= 0.6 is 0 Å². The first-order valence-corrected chi connectivity index (χ1v) is 13.3. The number of benzene rings is 1. The third kappa shape index (κ3) is 12.6. The molecule has 0 aromatic heterocycles. The van der Waals surface area contributed by atoms with Crippen molar-refractivity contribution in [3.63, 3.8) is 0 Å². The molecule has 1 aliphatic heterocycles. The van der Waals surface area contributed by atoms with Crippen molar-refractivity contribution in [2.24, 2.45) is 0 Å². The summed E-state index contributed by atoms with van der Waals surface area (Å²) in [4.78, 5) is 12.0. The van der Waals surface area contributed by atoms with E-state index in [0.717, 1.165) is 18.4 Å². The standard InChI is InChI=1S/C28H46O4/c1-2-3-4-5-6-7-8-9-10-11-12-13-14-15-19-22-27(29)30-23-26-24-31-28(32-26)25-20-17-16-18-21-25/h16-18,20-21,26,28H,2-15,19,22-24H2,1H3/t26-,28+/m1/s1. The molecule has 0 aliphatic carbocycles. The summed E-state index contributed by atoms with van der Waals surface area (Å²) >= 11 is 0. The summed E-state index contributed by atoms with van der Waals surface area (Å²) in [5.41, 5.74) is 0.999. The molecule has 0 radical (unpaired) electrons. The van der Waals surface area contributed by atoms with E-state index in [0.29, 0.717) is 13.0 Å². The second-order valence-corrected chi connectivity index (χ2v) is 9.22. The van der Waals surface area contributed by atoms with Crippen LogP contribution in [0.25, 0.3) is 0 Å². The maximum absolute atomic E-state index is 12.0. The van der Waals surface area contributed by atoms with E-state index in [9.17, 15) is 4.79 Å². The Morgan fingerprint density at radius 2 is 1.34 bits per heavy atom. The minimum atomic E-state index is -0.351. The lowest BCUT2D eigenvalue weighted by Gasteiger charge is -2.12. The molecule has 0 N–H and O–H groups in total. The Bertz CT molecular complexity index is 574. The SMILES string of the molecule is CCCCCCCCCCCCCCCCCC(=O)OC[C@@H]1CO[C@H](c2ccccc2)O1. The topological polar surface area (TPSA) is 44.8 Å². The van der Waals surface area contributed by atoms with Gasteiger partial charge in [0.2, 0.25) is 0 Å². The molecular formula is C28H46O4. The Labute approximate surface area is 196 Å². The molecule has 0 bridgehead atoms. The Hall–Kier alpha value is -1.39. The molecule has 0 amide bonds. The normalized spacial score (nSPS) is 18.2. The maximum atomic E-state index is 12.0. The monoisotopic (exact) mass is 446 g/mol. The molecule has 0 unspecified atom stereocenters. The molecule has 0 spiro atoms. The summed E-state index contributed by atoms with van der Waals surface area (Å²) in [6.45, 7) is 3.02. The average molecular weight is 447 g/mol. The van der Waals surface area contributed by atoms with Crippen LogP contribution in [0.4, 0.5) is 0 Å². The highest BCUT2D eigenvalue weighted by atomic mass is 16.7. The van der Waals surface area contributed by atoms with Gasteiger partial charge in [-0.3, -0.25) is 4.79 Å². The third-order valence-corrected chi connectivity index (χ3v) is 6.24. The quantitative estimate of drug-likeness (QED) is 0.160. The fourth-order valence-corrected chi connectivity index (χ4v) is 4.22. The van der Waals surface area contributed by atoms with Crippen LogP contribution in [-0.4, -0.2) is 25.3 Å². The summed E-state index contributed by atoms with van der Waals surface area (Å²) < 4.78 is 16.9. The van der Waals surface area contributed by atoms with E-state index >= 15 is 0 Å². The molecule has 182 valence electrons. The average Bonchev–Trinajstić information content (AvgIpc) is 3.30. The van der Waals surface area contributed by atoms with E-state index in [4.69, 9.17) is 14.2 Å². The van der Waals surface area contributed by atoms with Crippen LogP contribution in [0.5, 0.6) is 0 Å². The van der Waals surface area contributed by atoms with Gasteiger partial charge in [0.1, 0.15) is 12.7 Å². The molecule has 4 nitrogen and oxygen atoms in total. The van der Waals surface area contributed by atoms with Crippen LogP contribution in [0.15, 0.2) is 30.3 Å². The van der Waals surface area contributed by atoms with Gasteiger partial charge in [-0.2, -0.15) is 0 Å². The number of ether oxygens (including phenoxy) is 3. The van der Waals surface area contributed by atoms with E-state index in [-0.39, 0.29) is 25.0 Å². The minimum absolute atomic E-state index is 0.119. The van der Waals surface area contributed by atoms with Crippen molar-refractivity contribution in [3.8, 4) is 0 Å². The number of rotatable bonds is 19. The molecule has 1 aromatic rings. The van der Waals surface area contributed by atoms with Gasteiger partial charge in [0, 0.05) is 12.0 Å². The van der Waals surface area contributed by atoms with Gasteiger partial charge in [-0.1, -0.05) is 127 Å². The van der Waals surface area contributed by atoms with Gasteiger partial charge in [-0.25, -0.2) is 0 Å². The molecule has 1 fully saturated rings. The highest BCUT2D eigenvalue weighted by Gasteiger charge is 2.28. The van der Waals surface area contributed by atoms with Gasteiger partial charge in [0.05, 0.1) is 6.61 Å². The minimum Gasteiger partial charge on any atom is -0.463 e. The number of carbonyl (C=O) groups is 1. The number of esters is 1. The fraction of sp³-hybridized carbons (Fsp3) is 0.750. The van der Waals surface area contributed by atoms with Crippen LogP contribution in [0.1, 0.15) is 122 Å². The Kier molecular flexibility index (Phi) is 15.2. The van der Waals surface area contributed by atoms with Gasteiger partial charge in [-0.05, 0) is 6.42 Å². The van der Waals surface area contributed by atoms with Crippen molar-refractivity contribution in [1.29, 1.82) is 0 Å². The molecule has 0 saturated carbocycles. The molecule has 2 atom stereocenters. The molecule has 4 heteroatoms. The van der Waals surface area contributed by atoms with E-state index in [1.807, 2.05) is 30.3 Å². The first kappa shape index (κ1) is 26.9. The molecular weight excluding hydrogens is 400 g/mol. The summed E-state index contributed by atoms with van der Waals surface area (Å²) in [6, 6.07) is 9.86. The van der Waals surface area contributed by atoms with Crippen molar-refractivity contribution >= 4 is 5.97 Å². The second-order valence-electron chi connectivity index (χ2n) is 9.22. The highest BCUT2D eigenvalue weighted by Crippen LogP contribution is 2.26. The predicted molar refractivity (Wildman–Crippen MR) is 131 cm³/mol. The fourth-order valence-electron chi connectivity index (χ4n) is 4.22. The van der Waals surface area contributed by atoms with Crippen LogP contribution in [0.3, 0.4) is 0 Å². The zero-order chi connectivity index (χ0) is 22.7. The van der Waals surface area contributed by atoms with Crippen molar-refractivity contribution in [3.05, 3.63) is 35.9 Å². The van der Waals surface area contributed by atoms with Gasteiger partial charge < -0.3 is 14.2 Å². The lowest BCUT2D eigenvalue weighted by atomic mass is 10.0. The van der Waals surface area contributed by atoms with E-state index < -0.39 is 0 Å². The molecule has 1 heterocycles. The molecule has 32 heavy (non-hydrogen) atoms. The number of hydrogen-bond acceptors (Lipinski definition) is 4. The van der Waals surface area contributed by atoms with Crippen LogP contribution in [0, 0.1) is 0 Å². The zero-order valence-electron chi connectivity index (χ0n) is 20.4. The van der Waals surface area contributed by atoms with E-state index in [1.54, 1.807) is 0 Å². The number of unbranched alkanes of at least 4 members (excludes halogenated alkanes) is 14. The highest BCUT2D eigenvalue weighted by molar-refractivity contribution is 5.69. The Morgan fingerprint density at radius 1 is 0.812 bits per heavy atom. The molecule has 1 aromatic carbocycles. The van der Waals surface area contributed by atoms with Gasteiger partial charge in [0.15, 0.2) is 6.29 Å². The third-order valence-electron chi connectivity index (χ3n) is 6.24. The Morgan fingerprint density at radius 3 is 1.91 bits per heavy atom. The van der Waals surface area contributed by atoms with Crippen LogP contribution < -0.4 is 0 Å². The molecule has 1 saturated heterocycles. The molecule has 2 rings (SSSR count). The maximum Gasteiger partial charge on any atom is 0.305 e. The summed E-state index contributed by atoms with van der Waals surface area (Å²) in [5.74, 6) is -0.119. The van der Waals surface area contributed by atoms with Crippen LogP contribution in [-0.2, 0) is 19.0 Å². The second kappa shape index (κ2) is 18.1. The summed E-state index contributed by atoms with van der Waals surface area (Å²) in [5, 5.41) is 0. The Balaban J connectivity index is 1.33. The predicted octanol–water partition coefficient (Wildman–Crippen LogP) is 7.91. The smallest absolute Gasteiger partial charge is 0.305 e. The van der Waals surface area contributed by atoms with Crippen molar-refractivity contribution < 1.29 is 19.0 Å². The first-order chi connectivity index (χ1) is 15.8. The van der Waals surface area contributed by atoms with Gasteiger partial charge in [-0.15, -0.1) is 0 Å². The van der Waals surface area contributed by atoms with Crippen molar-refractivity contribution in [1.82, 2.24) is 0 Å². The van der Waals surface area contributed by atoms with E-state index in [2.05, 4.69) is 6.92 Å². The lowest BCUT2D eigenvalue weighted by Crippen LogP contribution is -2.20. The van der Waals surface area contributed by atoms with E-state index in [1.165, 1.54) is 83.5 Å². The zero-order valence-corrected chi connectivity index (χ0v) is 20.4. The number of carbonyl (C=O) groups excluding carboxylic acids is 1. The molecule has 1 aliphatic rings. The first-order valence-electron chi connectivity index (χ1n) is 13.3. The van der Waals surface area contributed by atoms with Crippen LogP contribution in [0.2, 0.25) is 0 Å². The van der Waals surface area contributed by atoms with Crippen molar-refractivity contribution in [2.75, 3.05) is 13.2 Å². The summed E-state index contributed by atoms with van der Waals surface area (Å²) in [6.07, 6.45) is 19.9. The lowest BCUT2D eigenvalue weighted by molar-refractivity contribution is -0.148. The van der Waals surface area contributed by atoms with Crippen molar-refractivity contribution in [2.45, 2.75) is 122 Å². The largest absolute Gasteiger partial charge is 0.463 e. The number of hydrogen-bond donors (Lipinski definition) is 0. The van der Waals surface area contributed by atoms with Gasteiger partial charge >= 0.3 is 5.97 Å².